The zero-order chi connectivity index (χ0) is 8.48. The quantitative estimate of drug-likeness (QED) is 0.416. The molecule has 0 unspecified atom stereocenters. The molecule has 1 N–H and O–H groups in total. The van der Waals surface area contributed by atoms with E-state index in [-0.39, 0.29) is 51.9 Å². The summed E-state index contributed by atoms with van der Waals surface area (Å²) in [5.74, 6) is -0.512. The van der Waals surface area contributed by atoms with Crippen molar-refractivity contribution in [1.29, 1.82) is 0 Å². The summed E-state index contributed by atoms with van der Waals surface area (Å²) in [6.45, 7) is 0. The van der Waals surface area contributed by atoms with Crippen LogP contribution in [-0.2, 0) is 32.5 Å². The van der Waals surface area contributed by atoms with Crippen molar-refractivity contribution in [3.05, 3.63) is 24.3 Å². The third-order valence-electron chi connectivity index (χ3n) is 1.13. The maximum Gasteiger partial charge on any atom is 1.00 e. The van der Waals surface area contributed by atoms with Crippen molar-refractivity contribution in [2.45, 2.75) is 4.90 Å². The van der Waals surface area contributed by atoms with Crippen molar-refractivity contribution in [2.24, 2.45) is 0 Å². The van der Waals surface area contributed by atoms with Crippen molar-refractivity contribution < 1.29 is 70.0 Å². The predicted octanol–water partition coefficient (Wildman–Crippen LogP) is -2.70. The molecule has 7 heteroatoms. The molecular weight excluding hydrogens is 388 g/mol. The molecule has 13 heavy (non-hydrogen) atoms. The van der Waals surface area contributed by atoms with E-state index in [1.54, 1.807) is 0 Å². The fourth-order valence-corrected chi connectivity index (χ4v) is 1.24. The summed E-state index contributed by atoms with van der Waals surface area (Å²) in [5.41, 5.74) is 0. The monoisotopic (exact) mass is 393 g/mol. The zero-order valence-corrected chi connectivity index (χ0v) is 11.7. The van der Waals surface area contributed by atoms with E-state index in [1.165, 1.54) is 12.1 Å². The molecule has 0 aliphatic heterocycles. The summed E-state index contributed by atoms with van der Waals surface area (Å²) in [6.07, 6.45) is 0. The van der Waals surface area contributed by atoms with Gasteiger partial charge in [-0.25, -0.2) is 8.42 Å². The Balaban J connectivity index is 0. The number of hydrogen-bond donors (Lipinski definition) is 1. The van der Waals surface area contributed by atoms with E-state index in [4.69, 9.17) is 5.11 Å². The van der Waals surface area contributed by atoms with Gasteiger partial charge in [-0.05, 0) is 12.1 Å². The minimum Gasteiger partial charge on any atom is -0.744 e. The maximum atomic E-state index is 10.3. The normalized spacial score (nSPS) is 9.62. The van der Waals surface area contributed by atoms with Gasteiger partial charge >= 0.3 is 29.6 Å². The van der Waals surface area contributed by atoms with Crippen LogP contribution in [0, 0.1) is 0 Å². The van der Waals surface area contributed by atoms with Crippen molar-refractivity contribution in [1.82, 2.24) is 0 Å². The third kappa shape index (κ3) is 4.62. The summed E-state index contributed by atoms with van der Waals surface area (Å²) in [5, 5.41) is 8.87. The molecule has 0 saturated carbocycles. The number of rotatable bonds is 1. The van der Waals surface area contributed by atoms with Crippen LogP contribution in [0.1, 0.15) is 0 Å². The molecule has 0 saturated heterocycles. The largest absolute Gasteiger partial charge is 1.00 e. The van der Waals surface area contributed by atoms with Crippen molar-refractivity contribution >= 4 is 10.1 Å². The first-order valence-corrected chi connectivity index (χ1v) is 4.16. The Morgan fingerprint density at radius 3 is 2.00 bits per heavy atom. The summed E-state index contributed by atoms with van der Waals surface area (Å²) in [7, 11) is -4.53. The molecule has 1 aromatic rings. The molecule has 0 amide bonds. The first-order chi connectivity index (χ1) is 5.02. The molecule has 0 bridgehead atoms. The van der Waals surface area contributed by atoms with Crippen molar-refractivity contribution in [2.75, 3.05) is 0 Å². The van der Waals surface area contributed by atoms with Crippen LogP contribution < -0.4 is 29.6 Å². The van der Waals surface area contributed by atoms with Crippen LogP contribution >= 0.6 is 0 Å². The predicted molar refractivity (Wildman–Crippen MR) is 36.1 cm³/mol. The Hall–Kier alpha value is 0.670. The van der Waals surface area contributed by atoms with Gasteiger partial charge in [-0.3, -0.25) is 0 Å². The van der Waals surface area contributed by atoms with Gasteiger partial charge in [0.25, 0.3) is 0 Å². The molecular formula is C6H5AuNaO4S. The number of phenols is 1. The van der Waals surface area contributed by atoms with E-state index < -0.39 is 20.8 Å². The van der Waals surface area contributed by atoms with Gasteiger partial charge < -0.3 is 9.66 Å². The minimum absolute atomic E-state index is 0. The second-order valence-corrected chi connectivity index (χ2v) is 3.27. The van der Waals surface area contributed by atoms with Crippen LogP contribution in [0.3, 0.4) is 0 Å². The van der Waals surface area contributed by atoms with Gasteiger partial charge in [0.1, 0.15) is 15.9 Å². The number of phenolic OH excluding ortho intramolecular Hbond substituents is 1. The van der Waals surface area contributed by atoms with Gasteiger partial charge in [0.2, 0.25) is 0 Å². The molecule has 4 nitrogen and oxygen atoms in total. The van der Waals surface area contributed by atoms with Crippen LogP contribution in [0.4, 0.5) is 0 Å². The van der Waals surface area contributed by atoms with Gasteiger partial charge in [-0.1, -0.05) is 12.1 Å². The third-order valence-corrected chi connectivity index (χ3v) is 2.02. The van der Waals surface area contributed by atoms with Crippen molar-refractivity contribution in [3.8, 4) is 5.75 Å². The van der Waals surface area contributed by atoms with Crippen LogP contribution in [0.5, 0.6) is 5.75 Å². The number of para-hydroxylation sites is 1. The molecule has 1 rings (SSSR count). The Kier molecular flexibility index (Phi) is 7.70. The van der Waals surface area contributed by atoms with E-state index in [1.807, 2.05) is 0 Å². The molecule has 0 aliphatic rings. The molecule has 0 atom stereocenters. The Morgan fingerprint density at radius 1 is 1.23 bits per heavy atom. The summed E-state index contributed by atoms with van der Waals surface area (Å²) in [4.78, 5) is -0.583. The second-order valence-electron chi connectivity index (χ2n) is 1.92. The van der Waals surface area contributed by atoms with E-state index >= 15 is 0 Å². The van der Waals surface area contributed by atoms with Crippen LogP contribution in [-0.4, -0.2) is 18.1 Å². The molecule has 1 radical (unpaired) electrons. The fraction of sp³-hybridized carbons (Fsp3) is 0. The molecule has 0 aromatic heterocycles. The van der Waals surface area contributed by atoms with Gasteiger partial charge in [-0.15, -0.1) is 0 Å². The summed E-state index contributed by atoms with van der Waals surface area (Å²) in [6, 6.07) is 5.00. The van der Waals surface area contributed by atoms with Crippen LogP contribution in [0.15, 0.2) is 29.2 Å². The first kappa shape index (κ1) is 16.1. The number of aromatic hydroxyl groups is 1. The average Bonchev–Trinajstić information content (AvgIpc) is 1.86. The number of hydrogen-bond acceptors (Lipinski definition) is 4. The molecule has 0 heterocycles. The second kappa shape index (κ2) is 6.21. The Morgan fingerprint density at radius 2 is 1.69 bits per heavy atom. The summed E-state index contributed by atoms with van der Waals surface area (Å²) < 4.78 is 31.0. The minimum atomic E-state index is -4.53. The van der Waals surface area contributed by atoms with E-state index in [0.29, 0.717) is 0 Å². The standard InChI is InChI=1S/C6H6O4S.Au.Na/c7-5-3-1-2-4-6(5)11(8,9)10;;/h1-4,7H,(H,8,9,10);;/q;;+1/p-1. The molecule has 0 spiro atoms. The average molecular weight is 393 g/mol. The molecule has 0 aliphatic carbocycles. The Labute approximate surface area is 114 Å². The maximum absolute atomic E-state index is 10.3. The van der Waals surface area contributed by atoms with E-state index in [0.717, 1.165) is 12.1 Å². The SMILES string of the molecule is O=S(=O)([O-])c1ccccc1O.[Au].[Na+]. The van der Waals surface area contributed by atoms with Crippen LogP contribution in [0.2, 0.25) is 0 Å². The van der Waals surface area contributed by atoms with E-state index in [9.17, 15) is 13.0 Å². The van der Waals surface area contributed by atoms with Gasteiger partial charge in [0.05, 0.1) is 4.90 Å². The smallest absolute Gasteiger partial charge is 0.744 e. The van der Waals surface area contributed by atoms with Gasteiger partial charge in [0.15, 0.2) is 0 Å². The first-order valence-electron chi connectivity index (χ1n) is 2.76. The Bertz CT molecular complexity index is 365. The summed E-state index contributed by atoms with van der Waals surface area (Å²) >= 11 is 0. The zero-order valence-electron chi connectivity index (χ0n) is 6.69. The molecule has 0 fully saturated rings. The van der Waals surface area contributed by atoms with Gasteiger partial charge in [0, 0.05) is 22.4 Å². The molecule has 71 valence electrons. The topological polar surface area (TPSA) is 77.4 Å². The van der Waals surface area contributed by atoms with Gasteiger partial charge in [-0.2, -0.15) is 0 Å². The fourth-order valence-electron chi connectivity index (χ4n) is 0.669. The number of benzene rings is 1. The van der Waals surface area contributed by atoms with E-state index in [2.05, 4.69) is 0 Å². The van der Waals surface area contributed by atoms with Crippen LogP contribution in [0.25, 0.3) is 0 Å². The molecule has 1 aromatic carbocycles. The van der Waals surface area contributed by atoms with Crippen molar-refractivity contribution in [3.63, 3.8) is 0 Å².